The molecule has 0 aliphatic carbocycles. The number of hydrogen-bond acceptors (Lipinski definition) is 3. The van der Waals surface area contributed by atoms with Crippen molar-refractivity contribution in [3.63, 3.8) is 0 Å². The fourth-order valence-electron chi connectivity index (χ4n) is 2.31. The van der Waals surface area contributed by atoms with Gasteiger partial charge in [0.05, 0.1) is 0 Å². The second-order valence-corrected chi connectivity index (χ2v) is 6.65. The average Bonchev–Trinajstić information content (AvgIpc) is 2.35. The van der Waals surface area contributed by atoms with Crippen LogP contribution in [0, 0.1) is 5.92 Å². The molecule has 1 unspecified atom stereocenters. The normalized spacial score (nSPS) is 20.5. The molecule has 0 N–H and O–H groups in total. The van der Waals surface area contributed by atoms with E-state index in [9.17, 15) is 0 Å². The van der Waals surface area contributed by atoms with Crippen LogP contribution in [0.2, 0.25) is 0 Å². The van der Waals surface area contributed by atoms with Crippen LogP contribution in [0.4, 0.5) is 0 Å². The molecular weight excluding hydrogens is 290 g/mol. The van der Waals surface area contributed by atoms with Crippen molar-refractivity contribution in [2.75, 3.05) is 65.2 Å². The van der Waals surface area contributed by atoms with Gasteiger partial charge in [-0.25, -0.2) is 0 Å². The zero-order valence-corrected chi connectivity index (χ0v) is 14.0. The molecule has 0 bridgehead atoms. The first-order chi connectivity index (χ1) is 8.61. The largest absolute Gasteiger partial charge is 0.308 e. The van der Waals surface area contributed by atoms with E-state index in [2.05, 4.69) is 51.6 Å². The maximum Gasteiger partial charge on any atom is 0.0110 e. The molecule has 1 heterocycles. The lowest BCUT2D eigenvalue weighted by atomic mass is 10.0. The minimum atomic E-state index is 0.858. The van der Waals surface area contributed by atoms with Crippen molar-refractivity contribution >= 4 is 15.9 Å². The summed E-state index contributed by atoms with van der Waals surface area (Å²) in [6.07, 6.45) is 2.66. The van der Waals surface area contributed by atoms with E-state index in [1.54, 1.807) is 0 Å². The Hall–Kier alpha value is 0.360. The molecule has 0 aromatic heterocycles. The molecule has 3 nitrogen and oxygen atoms in total. The van der Waals surface area contributed by atoms with E-state index < -0.39 is 0 Å². The maximum absolute atomic E-state index is 3.53. The topological polar surface area (TPSA) is 9.72 Å². The molecule has 1 aliphatic heterocycles. The van der Waals surface area contributed by atoms with E-state index in [1.165, 1.54) is 58.7 Å². The lowest BCUT2D eigenvalue weighted by Crippen LogP contribution is -2.48. The number of hydrogen-bond donors (Lipinski definition) is 0. The van der Waals surface area contributed by atoms with E-state index in [0.717, 1.165) is 11.2 Å². The average molecular weight is 320 g/mol. The van der Waals surface area contributed by atoms with Gasteiger partial charge in [-0.3, -0.25) is 4.90 Å². The highest BCUT2D eigenvalue weighted by atomic mass is 79.9. The fourth-order valence-corrected chi connectivity index (χ4v) is 3.09. The van der Waals surface area contributed by atoms with Gasteiger partial charge < -0.3 is 9.80 Å². The van der Waals surface area contributed by atoms with Gasteiger partial charge >= 0.3 is 0 Å². The molecule has 0 radical (unpaired) electrons. The molecule has 0 amide bonds. The van der Waals surface area contributed by atoms with Crippen molar-refractivity contribution in [3.8, 4) is 0 Å². The Morgan fingerprint density at radius 3 is 2.06 bits per heavy atom. The third-order valence-corrected chi connectivity index (χ3v) is 4.33. The quantitative estimate of drug-likeness (QED) is 0.633. The summed E-state index contributed by atoms with van der Waals surface area (Å²) in [5, 5.41) is 1.15. The summed E-state index contributed by atoms with van der Waals surface area (Å²) >= 11 is 3.53. The van der Waals surface area contributed by atoms with Crippen LogP contribution in [0.25, 0.3) is 0 Å². The van der Waals surface area contributed by atoms with E-state index in [-0.39, 0.29) is 0 Å². The van der Waals surface area contributed by atoms with Gasteiger partial charge in [0.15, 0.2) is 0 Å². The Morgan fingerprint density at radius 2 is 1.56 bits per heavy atom. The molecule has 0 saturated carbocycles. The minimum Gasteiger partial charge on any atom is -0.308 e. The first kappa shape index (κ1) is 16.4. The summed E-state index contributed by atoms with van der Waals surface area (Å²) in [5.41, 5.74) is 0. The zero-order chi connectivity index (χ0) is 13.4. The Bertz CT molecular complexity index is 203. The van der Waals surface area contributed by atoms with Gasteiger partial charge in [0, 0.05) is 44.6 Å². The predicted octanol–water partition coefficient (Wildman–Crippen LogP) is 1.98. The number of piperazine rings is 1. The highest BCUT2D eigenvalue weighted by molar-refractivity contribution is 9.09. The Labute approximate surface area is 122 Å². The van der Waals surface area contributed by atoms with Crippen LogP contribution in [0.1, 0.15) is 19.8 Å². The molecule has 1 aliphatic rings. The number of halogens is 1. The molecular formula is C14H30BrN3. The lowest BCUT2D eigenvalue weighted by Gasteiger charge is -2.35. The smallest absolute Gasteiger partial charge is 0.0110 e. The van der Waals surface area contributed by atoms with E-state index >= 15 is 0 Å². The first-order valence-electron chi connectivity index (χ1n) is 7.27. The second kappa shape index (κ2) is 9.29. The summed E-state index contributed by atoms with van der Waals surface area (Å²) in [6.45, 7) is 11.1. The first-order valence-corrected chi connectivity index (χ1v) is 8.39. The fraction of sp³-hybridized carbons (Fsp3) is 1.00. The van der Waals surface area contributed by atoms with Crippen LogP contribution in [-0.2, 0) is 0 Å². The van der Waals surface area contributed by atoms with Gasteiger partial charge in [0.1, 0.15) is 0 Å². The van der Waals surface area contributed by atoms with Crippen LogP contribution in [0.5, 0.6) is 0 Å². The van der Waals surface area contributed by atoms with E-state index in [0.29, 0.717) is 0 Å². The summed E-state index contributed by atoms with van der Waals surface area (Å²) in [4.78, 5) is 7.50. The SMILES string of the molecule is CC(CCBr)CCN1CCN(CCN(C)C)CC1. The van der Waals surface area contributed by atoms with Crippen molar-refractivity contribution < 1.29 is 0 Å². The van der Waals surface area contributed by atoms with Gasteiger partial charge in [-0.2, -0.15) is 0 Å². The summed E-state index contributed by atoms with van der Waals surface area (Å²) in [6, 6.07) is 0. The minimum absolute atomic E-state index is 0.858. The van der Waals surface area contributed by atoms with Crippen molar-refractivity contribution in [2.24, 2.45) is 5.92 Å². The maximum atomic E-state index is 3.53. The van der Waals surface area contributed by atoms with E-state index in [4.69, 9.17) is 0 Å². The lowest BCUT2D eigenvalue weighted by molar-refractivity contribution is 0.121. The molecule has 1 atom stereocenters. The standard InChI is InChI=1S/C14H30BrN3/c1-14(4-6-15)5-7-17-10-12-18(13-11-17)9-8-16(2)3/h14H,4-13H2,1-3H3. The number of nitrogens with zero attached hydrogens (tertiary/aromatic N) is 3. The number of alkyl halides is 1. The van der Waals surface area contributed by atoms with Crippen molar-refractivity contribution in [1.82, 2.24) is 14.7 Å². The molecule has 18 heavy (non-hydrogen) atoms. The molecule has 1 fully saturated rings. The van der Waals surface area contributed by atoms with Crippen LogP contribution < -0.4 is 0 Å². The van der Waals surface area contributed by atoms with Crippen LogP contribution in [0.15, 0.2) is 0 Å². The van der Waals surface area contributed by atoms with Crippen LogP contribution in [-0.4, -0.2) is 79.9 Å². The molecule has 0 aromatic rings. The summed E-state index contributed by atoms with van der Waals surface area (Å²) < 4.78 is 0. The number of rotatable bonds is 8. The van der Waals surface area contributed by atoms with Gasteiger partial charge in [-0.1, -0.05) is 22.9 Å². The summed E-state index contributed by atoms with van der Waals surface area (Å²) in [7, 11) is 4.31. The third kappa shape index (κ3) is 7.07. The molecule has 108 valence electrons. The summed E-state index contributed by atoms with van der Waals surface area (Å²) in [5.74, 6) is 0.858. The third-order valence-electron chi connectivity index (χ3n) is 3.87. The molecule has 1 rings (SSSR count). The van der Waals surface area contributed by atoms with Gasteiger partial charge in [-0.05, 0) is 39.4 Å². The second-order valence-electron chi connectivity index (χ2n) is 5.86. The van der Waals surface area contributed by atoms with Crippen molar-refractivity contribution in [1.29, 1.82) is 0 Å². The highest BCUT2D eigenvalue weighted by Crippen LogP contribution is 2.11. The molecule has 0 aromatic carbocycles. The Morgan fingerprint density at radius 1 is 1.00 bits per heavy atom. The molecule has 1 saturated heterocycles. The zero-order valence-electron chi connectivity index (χ0n) is 12.4. The van der Waals surface area contributed by atoms with Gasteiger partial charge in [0.25, 0.3) is 0 Å². The van der Waals surface area contributed by atoms with Gasteiger partial charge in [-0.15, -0.1) is 0 Å². The van der Waals surface area contributed by atoms with Gasteiger partial charge in [0.2, 0.25) is 0 Å². The van der Waals surface area contributed by atoms with Crippen molar-refractivity contribution in [3.05, 3.63) is 0 Å². The van der Waals surface area contributed by atoms with Crippen molar-refractivity contribution in [2.45, 2.75) is 19.8 Å². The predicted molar refractivity (Wildman–Crippen MR) is 83.6 cm³/mol. The number of likely N-dealkylation sites (N-methyl/N-ethyl adjacent to an activating group) is 1. The highest BCUT2D eigenvalue weighted by Gasteiger charge is 2.16. The Balaban J connectivity index is 2.08. The van der Waals surface area contributed by atoms with Crippen LogP contribution >= 0.6 is 15.9 Å². The monoisotopic (exact) mass is 319 g/mol. The Kier molecular flexibility index (Phi) is 8.47. The van der Waals surface area contributed by atoms with E-state index in [1.807, 2.05) is 0 Å². The van der Waals surface area contributed by atoms with Crippen LogP contribution in [0.3, 0.4) is 0 Å². The molecule has 0 spiro atoms. The molecule has 4 heteroatoms.